The predicted octanol–water partition coefficient (Wildman–Crippen LogP) is 6.12. The number of benzene rings is 3. The molecule has 158 valence electrons. The fourth-order valence-corrected chi connectivity index (χ4v) is 4.34. The van der Waals surface area contributed by atoms with Gasteiger partial charge < -0.3 is 14.7 Å². The van der Waals surface area contributed by atoms with Crippen LogP contribution in [0, 0.1) is 0 Å². The van der Waals surface area contributed by atoms with Crippen LogP contribution in [0.4, 0.5) is 0 Å². The lowest BCUT2D eigenvalue weighted by molar-refractivity contribution is -0.130. The zero-order valence-electron chi connectivity index (χ0n) is 17.2. The molecule has 4 nitrogen and oxygen atoms in total. The summed E-state index contributed by atoms with van der Waals surface area (Å²) in [5, 5.41) is 11.5. The summed E-state index contributed by atoms with van der Waals surface area (Å²) in [5.41, 5.74) is 3.23. The van der Waals surface area contributed by atoms with E-state index >= 15 is 0 Å². The zero-order chi connectivity index (χ0) is 22.0. The third kappa shape index (κ3) is 4.29. The van der Waals surface area contributed by atoms with E-state index < -0.39 is 6.04 Å². The summed E-state index contributed by atoms with van der Waals surface area (Å²) >= 11 is 7.77. The molecular weight excluding hydrogens is 430 g/mol. The molecule has 1 heterocycles. The van der Waals surface area contributed by atoms with Crippen molar-refractivity contribution in [1.82, 2.24) is 4.90 Å². The van der Waals surface area contributed by atoms with E-state index in [1.807, 2.05) is 66.9 Å². The summed E-state index contributed by atoms with van der Waals surface area (Å²) in [6.45, 7) is 0.379. The van der Waals surface area contributed by atoms with Crippen molar-refractivity contribution in [2.45, 2.75) is 17.5 Å². The molecule has 0 unspecified atom stereocenters. The number of nitrogens with zero attached hydrogens (tertiary/aromatic N) is 1. The number of carbonyl (C=O) groups is 1. The van der Waals surface area contributed by atoms with E-state index in [9.17, 15) is 9.90 Å². The van der Waals surface area contributed by atoms with Crippen LogP contribution in [0.5, 0.6) is 5.75 Å². The first-order valence-corrected chi connectivity index (χ1v) is 11.4. The van der Waals surface area contributed by atoms with E-state index in [1.165, 1.54) is 0 Å². The number of carbonyl (C=O) groups excluding carboxylic acids is 1. The molecule has 1 amide bonds. The molecule has 0 bridgehead atoms. The third-order valence-corrected chi connectivity index (χ3v) is 6.40. The van der Waals surface area contributed by atoms with Gasteiger partial charge in [-0.3, -0.25) is 4.79 Å². The molecule has 1 atom stereocenters. The minimum atomic E-state index is -0.432. The molecule has 0 saturated carbocycles. The first-order valence-electron chi connectivity index (χ1n) is 9.78. The number of rotatable bonds is 6. The van der Waals surface area contributed by atoms with Gasteiger partial charge in [-0.15, -0.1) is 11.8 Å². The second-order valence-corrected chi connectivity index (χ2v) is 8.54. The minimum Gasteiger partial charge on any atom is -0.503 e. The van der Waals surface area contributed by atoms with Gasteiger partial charge in [-0.2, -0.15) is 0 Å². The molecule has 3 aromatic rings. The Morgan fingerprint density at radius 3 is 2.23 bits per heavy atom. The molecule has 1 aliphatic rings. The first kappa shape index (κ1) is 21.3. The van der Waals surface area contributed by atoms with Crippen molar-refractivity contribution in [3.63, 3.8) is 0 Å². The number of aliphatic hydroxyl groups is 1. The van der Waals surface area contributed by atoms with Gasteiger partial charge >= 0.3 is 0 Å². The van der Waals surface area contributed by atoms with E-state index in [-0.39, 0.29) is 11.7 Å². The molecule has 31 heavy (non-hydrogen) atoms. The predicted molar refractivity (Wildman–Crippen MR) is 126 cm³/mol. The quantitative estimate of drug-likeness (QED) is 0.458. The summed E-state index contributed by atoms with van der Waals surface area (Å²) in [4.78, 5) is 16.0. The summed E-state index contributed by atoms with van der Waals surface area (Å²) in [6, 6.07) is 22.4. The molecule has 4 rings (SSSR count). The van der Waals surface area contributed by atoms with Gasteiger partial charge in [0.2, 0.25) is 0 Å². The van der Waals surface area contributed by atoms with Gasteiger partial charge in [0.25, 0.3) is 5.91 Å². The van der Waals surface area contributed by atoms with Gasteiger partial charge in [-0.05, 0) is 59.3 Å². The second kappa shape index (κ2) is 9.08. The molecule has 6 heteroatoms. The lowest BCUT2D eigenvalue weighted by atomic mass is 9.93. The Morgan fingerprint density at radius 1 is 1.00 bits per heavy atom. The van der Waals surface area contributed by atoms with Crippen molar-refractivity contribution in [3.8, 4) is 5.75 Å². The first-order chi connectivity index (χ1) is 15.0. The van der Waals surface area contributed by atoms with E-state index in [2.05, 4.69) is 0 Å². The highest BCUT2D eigenvalue weighted by molar-refractivity contribution is 7.98. The highest BCUT2D eigenvalue weighted by atomic mass is 35.5. The minimum absolute atomic E-state index is 0.231. The average molecular weight is 452 g/mol. The fourth-order valence-electron chi connectivity index (χ4n) is 3.80. The number of methoxy groups -OCH3 is 1. The fraction of sp³-hybridized carbons (Fsp3) is 0.160. The summed E-state index contributed by atoms with van der Waals surface area (Å²) in [6.07, 6.45) is 2.03. The van der Waals surface area contributed by atoms with Gasteiger partial charge in [-0.25, -0.2) is 0 Å². The summed E-state index contributed by atoms with van der Waals surface area (Å²) < 4.78 is 5.25. The van der Waals surface area contributed by atoms with Crippen LogP contribution < -0.4 is 4.74 Å². The summed E-state index contributed by atoms with van der Waals surface area (Å²) in [5.74, 6) is 0.0903. The van der Waals surface area contributed by atoms with Crippen LogP contribution in [-0.4, -0.2) is 29.3 Å². The zero-order valence-corrected chi connectivity index (χ0v) is 18.8. The van der Waals surface area contributed by atoms with Crippen LogP contribution in [0.2, 0.25) is 5.02 Å². The standard InChI is InChI=1S/C25H22ClNO3S/c1-30-20-11-7-17(8-12-20)22-23(18-5-9-19(26)10-6-18)27(25(29)24(22)28)15-16-3-13-21(31-2)14-4-16/h3-14,23,28H,15H2,1-2H3/t23-/m1/s1. The number of ether oxygens (including phenoxy) is 1. The van der Waals surface area contributed by atoms with Gasteiger partial charge in [0.05, 0.1) is 13.2 Å². The van der Waals surface area contributed by atoms with Crippen LogP contribution in [0.15, 0.2) is 83.5 Å². The Balaban J connectivity index is 1.76. The second-order valence-electron chi connectivity index (χ2n) is 7.23. The van der Waals surface area contributed by atoms with Crippen LogP contribution in [0.25, 0.3) is 5.57 Å². The number of halogens is 1. The van der Waals surface area contributed by atoms with Gasteiger partial charge in [0.15, 0.2) is 5.76 Å². The van der Waals surface area contributed by atoms with Gasteiger partial charge in [0, 0.05) is 22.0 Å². The molecule has 3 aromatic carbocycles. The molecule has 1 N–H and O–H groups in total. The third-order valence-electron chi connectivity index (χ3n) is 5.40. The molecule has 0 spiro atoms. The SMILES string of the molecule is COc1ccc(C2=C(O)C(=O)N(Cc3ccc(SC)cc3)[C@@H]2c2ccc(Cl)cc2)cc1. The van der Waals surface area contributed by atoms with Crippen molar-refractivity contribution in [2.75, 3.05) is 13.4 Å². The van der Waals surface area contributed by atoms with Crippen molar-refractivity contribution >= 4 is 34.8 Å². The van der Waals surface area contributed by atoms with Crippen LogP contribution >= 0.6 is 23.4 Å². The maximum atomic E-state index is 13.2. The van der Waals surface area contributed by atoms with Gasteiger partial charge in [0.1, 0.15) is 5.75 Å². The molecule has 0 aromatic heterocycles. The van der Waals surface area contributed by atoms with E-state index in [0.717, 1.165) is 21.6 Å². The van der Waals surface area contributed by atoms with Gasteiger partial charge in [-0.1, -0.05) is 48.0 Å². The van der Waals surface area contributed by atoms with E-state index in [4.69, 9.17) is 16.3 Å². The van der Waals surface area contributed by atoms with E-state index in [1.54, 1.807) is 35.9 Å². The Labute approximate surface area is 191 Å². The molecule has 0 aliphatic carbocycles. The molecular formula is C25H22ClNO3S. The largest absolute Gasteiger partial charge is 0.503 e. The Morgan fingerprint density at radius 2 is 1.65 bits per heavy atom. The number of hydrogen-bond donors (Lipinski definition) is 1. The number of hydrogen-bond acceptors (Lipinski definition) is 4. The monoisotopic (exact) mass is 451 g/mol. The lowest BCUT2D eigenvalue weighted by Crippen LogP contribution is -2.29. The molecule has 0 radical (unpaired) electrons. The van der Waals surface area contributed by atoms with Crippen molar-refractivity contribution in [1.29, 1.82) is 0 Å². The molecule has 0 fully saturated rings. The Kier molecular flexibility index (Phi) is 6.25. The Bertz CT molecular complexity index is 1110. The van der Waals surface area contributed by atoms with E-state index in [0.29, 0.717) is 22.9 Å². The highest BCUT2D eigenvalue weighted by Crippen LogP contribution is 2.44. The van der Waals surface area contributed by atoms with Crippen molar-refractivity contribution in [3.05, 3.63) is 100 Å². The highest BCUT2D eigenvalue weighted by Gasteiger charge is 2.41. The Hall–Kier alpha value is -2.89. The molecule has 1 aliphatic heterocycles. The van der Waals surface area contributed by atoms with Crippen molar-refractivity contribution in [2.24, 2.45) is 0 Å². The molecule has 0 saturated heterocycles. The smallest absolute Gasteiger partial charge is 0.290 e. The van der Waals surface area contributed by atoms with Crippen LogP contribution in [-0.2, 0) is 11.3 Å². The normalized spacial score (nSPS) is 16.2. The van der Waals surface area contributed by atoms with Crippen LogP contribution in [0.1, 0.15) is 22.7 Å². The maximum absolute atomic E-state index is 13.2. The maximum Gasteiger partial charge on any atom is 0.290 e. The topological polar surface area (TPSA) is 49.8 Å². The number of amides is 1. The van der Waals surface area contributed by atoms with Crippen molar-refractivity contribution < 1.29 is 14.6 Å². The summed E-state index contributed by atoms with van der Waals surface area (Å²) in [7, 11) is 1.60. The lowest BCUT2D eigenvalue weighted by Gasteiger charge is -2.27. The number of thioether (sulfide) groups is 1. The number of aliphatic hydroxyl groups excluding tert-OH is 1. The van der Waals surface area contributed by atoms with Crippen LogP contribution in [0.3, 0.4) is 0 Å². The average Bonchev–Trinajstić information content (AvgIpc) is 3.05.